The standard InChI is InChI=1S/C16H19ClN4/c1-18-14-9-15(20-16(19-14)12-6-7-12)21(2)10-11-4-3-5-13(17)8-11/h3-5,8-9,12H,6-7,10H2,1-2H3,(H,18,19,20). The molecule has 1 aromatic heterocycles. The predicted octanol–water partition coefficient (Wildman–Crippen LogP) is 3.69. The van der Waals surface area contributed by atoms with Gasteiger partial charge in [-0.2, -0.15) is 0 Å². The predicted molar refractivity (Wildman–Crippen MR) is 87.1 cm³/mol. The summed E-state index contributed by atoms with van der Waals surface area (Å²) in [5.41, 5.74) is 1.17. The molecule has 1 aliphatic rings. The zero-order valence-electron chi connectivity index (χ0n) is 12.3. The van der Waals surface area contributed by atoms with Crippen LogP contribution in [0.3, 0.4) is 0 Å². The van der Waals surface area contributed by atoms with Crippen LogP contribution >= 0.6 is 11.6 Å². The second-order valence-corrected chi connectivity index (χ2v) is 5.92. The number of halogens is 1. The third kappa shape index (κ3) is 3.45. The molecule has 0 unspecified atom stereocenters. The van der Waals surface area contributed by atoms with Crippen molar-refractivity contribution in [2.24, 2.45) is 0 Å². The van der Waals surface area contributed by atoms with Gasteiger partial charge in [0.05, 0.1) is 0 Å². The maximum Gasteiger partial charge on any atom is 0.136 e. The Morgan fingerprint density at radius 1 is 1.29 bits per heavy atom. The molecule has 1 heterocycles. The second kappa shape index (κ2) is 5.90. The van der Waals surface area contributed by atoms with Crippen LogP contribution < -0.4 is 10.2 Å². The van der Waals surface area contributed by atoms with Gasteiger partial charge >= 0.3 is 0 Å². The molecule has 0 amide bonds. The SMILES string of the molecule is CNc1cc(N(C)Cc2cccc(Cl)c2)nc(C2CC2)n1. The topological polar surface area (TPSA) is 41.0 Å². The molecule has 1 N–H and O–H groups in total. The molecule has 0 radical (unpaired) electrons. The van der Waals surface area contributed by atoms with E-state index in [0.29, 0.717) is 5.92 Å². The van der Waals surface area contributed by atoms with Crippen molar-refractivity contribution in [2.45, 2.75) is 25.3 Å². The third-order valence-corrected chi connectivity index (χ3v) is 3.86. The van der Waals surface area contributed by atoms with Crippen LogP contribution in [0.15, 0.2) is 30.3 Å². The van der Waals surface area contributed by atoms with Crippen LogP contribution in [0.1, 0.15) is 30.1 Å². The van der Waals surface area contributed by atoms with E-state index < -0.39 is 0 Å². The minimum atomic E-state index is 0.539. The minimum absolute atomic E-state index is 0.539. The minimum Gasteiger partial charge on any atom is -0.373 e. The number of benzene rings is 1. The molecule has 1 fully saturated rings. The molecular weight excluding hydrogens is 284 g/mol. The van der Waals surface area contributed by atoms with Crippen LogP contribution in [-0.2, 0) is 6.54 Å². The third-order valence-electron chi connectivity index (χ3n) is 3.63. The van der Waals surface area contributed by atoms with Gasteiger partial charge in [-0.1, -0.05) is 23.7 Å². The Labute approximate surface area is 130 Å². The fraction of sp³-hybridized carbons (Fsp3) is 0.375. The van der Waals surface area contributed by atoms with Gasteiger partial charge in [0.1, 0.15) is 17.5 Å². The molecule has 0 aliphatic heterocycles. The average molecular weight is 303 g/mol. The molecule has 1 aliphatic carbocycles. The van der Waals surface area contributed by atoms with Crippen LogP contribution in [-0.4, -0.2) is 24.1 Å². The summed E-state index contributed by atoms with van der Waals surface area (Å²) in [5, 5.41) is 3.88. The van der Waals surface area contributed by atoms with Crippen molar-refractivity contribution in [3.05, 3.63) is 46.7 Å². The maximum atomic E-state index is 6.04. The van der Waals surface area contributed by atoms with Gasteiger partial charge in [0.25, 0.3) is 0 Å². The van der Waals surface area contributed by atoms with Crippen LogP contribution in [0.25, 0.3) is 0 Å². The highest BCUT2D eigenvalue weighted by molar-refractivity contribution is 6.30. The van der Waals surface area contributed by atoms with E-state index in [2.05, 4.69) is 21.3 Å². The van der Waals surface area contributed by atoms with E-state index in [1.165, 1.54) is 18.4 Å². The highest BCUT2D eigenvalue weighted by Crippen LogP contribution is 2.39. The van der Waals surface area contributed by atoms with Gasteiger partial charge in [0, 0.05) is 37.6 Å². The second-order valence-electron chi connectivity index (χ2n) is 5.48. The molecule has 0 saturated heterocycles. The van der Waals surface area contributed by atoms with Crippen molar-refractivity contribution in [1.82, 2.24) is 9.97 Å². The van der Waals surface area contributed by atoms with Gasteiger partial charge in [-0.05, 0) is 30.5 Å². The summed E-state index contributed by atoms with van der Waals surface area (Å²) in [6.45, 7) is 0.769. The van der Waals surface area contributed by atoms with Crippen LogP contribution in [0.5, 0.6) is 0 Å². The number of rotatable bonds is 5. The first-order valence-electron chi connectivity index (χ1n) is 7.18. The van der Waals surface area contributed by atoms with E-state index in [0.717, 1.165) is 29.0 Å². The van der Waals surface area contributed by atoms with Gasteiger partial charge in [0.2, 0.25) is 0 Å². The quantitative estimate of drug-likeness (QED) is 0.914. The molecule has 21 heavy (non-hydrogen) atoms. The maximum absolute atomic E-state index is 6.04. The lowest BCUT2D eigenvalue weighted by molar-refractivity contribution is 0.855. The van der Waals surface area contributed by atoms with Crippen LogP contribution in [0, 0.1) is 0 Å². The lowest BCUT2D eigenvalue weighted by atomic mass is 10.2. The van der Waals surface area contributed by atoms with E-state index in [1.807, 2.05) is 38.4 Å². The van der Waals surface area contributed by atoms with E-state index in [4.69, 9.17) is 16.6 Å². The van der Waals surface area contributed by atoms with Gasteiger partial charge < -0.3 is 10.2 Å². The molecule has 5 heteroatoms. The van der Waals surface area contributed by atoms with E-state index in [-0.39, 0.29) is 0 Å². The number of hydrogen-bond acceptors (Lipinski definition) is 4. The molecule has 110 valence electrons. The fourth-order valence-corrected chi connectivity index (χ4v) is 2.50. The first-order valence-corrected chi connectivity index (χ1v) is 7.56. The Morgan fingerprint density at radius 3 is 2.76 bits per heavy atom. The molecule has 3 rings (SSSR count). The average Bonchev–Trinajstić information content (AvgIpc) is 3.31. The van der Waals surface area contributed by atoms with Gasteiger partial charge in [-0.15, -0.1) is 0 Å². The number of nitrogens with one attached hydrogen (secondary N) is 1. The van der Waals surface area contributed by atoms with Gasteiger partial charge in [-0.3, -0.25) is 0 Å². The summed E-state index contributed by atoms with van der Waals surface area (Å²) in [6, 6.07) is 9.90. The summed E-state index contributed by atoms with van der Waals surface area (Å²) >= 11 is 6.04. The summed E-state index contributed by atoms with van der Waals surface area (Å²) in [7, 11) is 3.93. The number of nitrogens with zero attached hydrogens (tertiary/aromatic N) is 3. The van der Waals surface area contributed by atoms with E-state index >= 15 is 0 Å². The van der Waals surface area contributed by atoms with Crippen molar-refractivity contribution in [1.29, 1.82) is 0 Å². The molecule has 2 aromatic rings. The fourth-order valence-electron chi connectivity index (χ4n) is 2.29. The monoisotopic (exact) mass is 302 g/mol. The van der Waals surface area contributed by atoms with E-state index in [1.54, 1.807) is 0 Å². The molecule has 0 spiro atoms. The number of aromatic nitrogens is 2. The summed E-state index contributed by atoms with van der Waals surface area (Å²) in [6.07, 6.45) is 2.40. The lowest BCUT2D eigenvalue weighted by Gasteiger charge is -2.20. The molecule has 0 bridgehead atoms. The largest absolute Gasteiger partial charge is 0.373 e. The lowest BCUT2D eigenvalue weighted by Crippen LogP contribution is -2.19. The number of anilines is 2. The highest BCUT2D eigenvalue weighted by Gasteiger charge is 2.27. The Kier molecular flexibility index (Phi) is 3.97. The Morgan fingerprint density at radius 2 is 2.10 bits per heavy atom. The first-order chi connectivity index (χ1) is 10.2. The Hall–Kier alpha value is -1.81. The Balaban J connectivity index is 1.83. The number of hydrogen-bond donors (Lipinski definition) is 1. The van der Waals surface area contributed by atoms with Gasteiger partial charge in [-0.25, -0.2) is 9.97 Å². The molecule has 0 atom stereocenters. The molecular formula is C16H19ClN4. The smallest absolute Gasteiger partial charge is 0.136 e. The van der Waals surface area contributed by atoms with Crippen LogP contribution in [0.2, 0.25) is 5.02 Å². The van der Waals surface area contributed by atoms with Crippen molar-refractivity contribution >= 4 is 23.2 Å². The summed E-state index contributed by atoms with van der Waals surface area (Å²) in [5.74, 6) is 3.31. The van der Waals surface area contributed by atoms with Crippen molar-refractivity contribution < 1.29 is 0 Å². The summed E-state index contributed by atoms with van der Waals surface area (Å²) < 4.78 is 0. The van der Waals surface area contributed by atoms with Crippen molar-refractivity contribution in [2.75, 3.05) is 24.3 Å². The molecule has 1 aromatic carbocycles. The van der Waals surface area contributed by atoms with Gasteiger partial charge in [0.15, 0.2) is 0 Å². The van der Waals surface area contributed by atoms with E-state index in [9.17, 15) is 0 Å². The zero-order valence-corrected chi connectivity index (χ0v) is 13.1. The Bertz CT molecular complexity index is 640. The zero-order chi connectivity index (χ0) is 14.8. The first kappa shape index (κ1) is 14.1. The normalized spacial score (nSPS) is 14.0. The molecule has 4 nitrogen and oxygen atoms in total. The summed E-state index contributed by atoms with van der Waals surface area (Å²) in [4.78, 5) is 11.4. The molecule has 1 saturated carbocycles. The van der Waals surface area contributed by atoms with Crippen molar-refractivity contribution in [3.63, 3.8) is 0 Å². The van der Waals surface area contributed by atoms with Crippen molar-refractivity contribution in [3.8, 4) is 0 Å². The highest BCUT2D eigenvalue weighted by atomic mass is 35.5. The van der Waals surface area contributed by atoms with Crippen LogP contribution in [0.4, 0.5) is 11.6 Å².